The standard InChI is InChI=1S/C20H19FN6OS/c1-14(19(28)26(12-6-11-22)17-9-3-2-4-10-17)29-20-25-24-18(27(20)23)15-7-5-8-16(21)13-15/h2-5,7-10,13-14H,6,12,23H2,1H3/t14-/m1/s1. The van der Waals surface area contributed by atoms with E-state index in [-0.39, 0.29) is 18.9 Å². The normalized spacial score (nSPS) is 11.6. The van der Waals surface area contributed by atoms with Gasteiger partial charge in [-0.05, 0) is 31.2 Å². The van der Waals surface area contributed by atoms with Crippen LogP contribution in [0.5, 0.6) is 0 Å². The fourth-order valence-electron chi connectivity index (χ4n) is 2.75. The lowest BCUT2D eigenvalue weighted by molar-refractivity contribution is -0.117. The topological polar surface area (TPSA) is 101 Å². The van der Waals surface area contributed by atoms with Gasteiger partial charge in [-0.2, -0.15) is 5.26 Å². The molecule has 2 N–H and O–H groups in total. The third-order valence-electron chi connectivity index (χ3n) is 4.16. The number of carbonyl (C=O) groups is 1. The Kier molecular flexibility index (Phi) is 6.46. The molecule has 0 aliphatic heterocycles. The van der Waals surface area contributed by atoms with E-state index in [0.29, 0.717) is 16.5 Å². The summed E-state index contributed by atoms with van der Waals surface area (Å²) in [4.78, 5) is 14.6. The Bertz CT molecular complexity index is 1030. The van der Waals surface area contributed by atoms with Crippen LogP contribution in [0, 0.1) is 17.1 Å². The number of halogens is 1. The van der Waals surface area contributed by atoms with Crippen molar-refractivity contribution in [2.45, 2.75) is 23.8 Å². The number of aromatic nitrogens is 3. The highest BCUT2D eigenvalue weighted by Gasteiger charge is 2.25. The van der Waals surface area contributed by atoms with Gasteiger partial charge in [-0.3, -0.25) is 4.79 Å². The van der Waals surface area contributed by atoms with Crippen LogP contribution >= 0.6 is 11.8 Å². The predicted octanol–water partition coefficient (Wildman–Crippen LogP) is 3.23. The number of hydrogen-bond donors (Lipinski definition) is 1. The maximum Gasteiger partial charge on any atom is 0.240 e. The largest absolute Gasteiger partial charge is 0.335 e. The number of nitriles is 1. The van der Waals surface area contributed by atoms with Crippen molar-refractivity contribution in [1.29, 1.82) is 5.26 Å². The number of thioether (sulfide) groups is 1. The van der Waals surface area contributed by atoms with Gasteiger partial charge in [0, 0.05) is 17.8 Å². The number of anilines is 1. The zero-order chi connectivity index (χ0) is 20.8. The quantitative estimate of drug-likeness (QED) is 0.474. The Labute approximate surface area is 171 Å². The summed E-state index contributed by atoms with van der Waals surface area (Å²) < 4.78 is 14.7. The molecule has 0 spiro atoms. The van der Waals surface area contributed by atoms with Crippen LogP contribution in [0.25, 0.3) is 11.4 Å². The fourth-order valence-corrected chi connectivity index (χ4v) is 3.58. The zero-order valence-electron chi connectivity index (χ0n) is 15.7. The Morgan fingerprint density at radius 3 is 2.72 bits per heavy atom. The molecule has 3 aromatic rings. The predicted molar refractivity (Wildman–Crippen MR) is 110 cm³/mol. The molecule has 1 amide bonds. The monoisotopic (exact) mass is 410 g/mol. The summed E-state index contributed by atoms with van der Waals surface area (Å²) in [6.07, 6.45) is 0.217. The lowest BCUT2D eigenvalue weighted by Gasteiger charge is -2.24. The van der Waals surface area contributed by atoms with E-state index in [9.17, 15) is 9.18 Å². The molecule has 0 fully saturated rings. The first-order valence-corrected chi connectivity index (χ1v) is 9.75. The van der Waals surface area contributed by atoms with Gasteiger partial charge in [-0.25, -0.2) is 9.07 Å². The summed E-state index contributed by atoms with van der Waals surface area (Å²) in [7, 11) is 0. The average Bonchev–Trinajstić information content (AvgIpc) is 3.09. The Morgan fingerprint density at radius 1 is 1.28 bits per heavy atom. The fraction of sp³-hybridized carbons (Fsp3) is 0.200. The van der Waals surface area contributed by atoms with Crippen LogP contribution in [-0.2, 0) is 4.79 Å². The molecule has 1 heterocycles. The molecule has 2 aromatic carbocycles. The van der Waals surface area contributed by atoms with Crippen LogP contribution < -0.4 is 10.7 Å². The van der Waals surface area contributed by atoms with Crippen LogP contribution in [-0.4, -0.2) is 32.6 Å². The highest BCUT2D eigenvalue weighted by atomic mass is 32.2. The second-order valence-electron chi connectivity index (χ2n) is 6.18. The van der Waals surface area contributed by atoms with Gasteiger partial charge in [0.2, 0.25) is 11.1 Å². The summed E-state index contributed by atoms with van der Waals surface area (Å²) in [5.74, 6) is 5.81. The van der Waals surface area contributed by atoms with Gasteiger partial charge in [0.1, 0.15) is 5.82 Å². The number of hydrogen-bond acceptors (Lipinski definition) is 6. The van der Waals surface area contributed by atoms with Gasteiger partial charge in [0.05, 0.1) is 17.7 Å². The second kappa shape index (κ2) is 9.21. The summed E-state index contributed by atoms with van der Waals surface area (Å²) in [6, 6.07) is 17.1. The molecule has 0 saturated heterocycles. The average molecular weight is 410 g/mol. The Balaban J connectivity index is 1.79. The molecule has 0 aliphatic rings. The van der Waals surface area contributed by atoms with Gasteiger partial charge in [-0.1, -0.05) is 42.1 Å². The van der Waals surface area contributed by atoms with E-state index in [4.69, 9.17) is 11.1 Å². The van der Waals surface area contributed by atoms with Crippen molar-refractivity contribution in [1.82, 2.24) is 14.9 Å². The van der Waals surface area contributed by atoms with E-state index in [1.165, 1.54) is 16.8 Å². The molecule has 3 rings (SSSR count). The highest BCUT2D eigenvalue weighted by molar-refractivity contribution is 8.00. The zero-order valence-corrected chi connectivity index (χ0v) is 16.5. The minimum Gasteiger partial charge on any atom is -0.335 e. The number of rotatable bonds is 7. The lowest BCUT2D eigenvalue weighted by Crippen LogP contribution is -2.37. The highest BCUT2D eigenvalue weighted by Crippen LogP contribution is 2.27. The number of nitrogens with zero attached hydrogens (tertiary/aromatic N) is 5. The lowest BCUT2D eigenvalue weighted by atomic mass is 10.2. The third kappa shape index (κ3) is 4.73. The van der Waals surface area contributed by atoms with E-state index in [1.54, 1.807) is 24.0 Å². The molecular formula is C20H19FN6OS. The van der Waals surface area contributed by atoms with Crippen molar-refractivity contribution in [3.8, 4) is 17.5 Å². The molecule has 0 aliphatic carbocycles. The molecule has 0 saturated carbocycles. The van der Waals surface area contributed by atoms with Crippen molar-refractivity contribution in [3.63, 3.8) is 0 Å². The summed E-state index contributed by atoms with van der Waals surface area (Å²) >= 11 is 1.15. The Morgan fingerprint density at radius 2 is 2.03 bits per heavy atom. The Hall–Kier alpha value is -3.38. The number of carbonyl (C=O) groups excluding carboxylic acids is 1. The maximum atomic E-state index is 13.5. The number of nitrogen functional groups attached to an aromatic ring is 1. The number of para-hydroxylation sites is 1. The van der Waals surface area contributed by atoms with E-state index in [0.717, 1.165) is 17.4 Å². The SMILES string of the molecule is C[C@@H](Sc1nnc(-c2cccc(F)c2)n1N)C(=O)N(CCC#N)c1ccccc1. The van der Waals surface area contributed by atoms with E-state index in [1.807, 2.05) is 30.3 Å². The maximum absolute atomic E-state index is 13.5. The molecule has 0 unspecified atom stereocenters. The molecule has 1 aromatic heterocycles. The third-order valence-corrected chi connectivity index (χ3v) is 5.20. The first kappa shape index (κ1) is 20.4. The first-order valence-electron chi connectivity index (χ1n) is 8.87. The van der Waals surface area contributed by atoms with Crippen molar-refractivity contribution in [2.75, 3.05) is 17.3 Å². The smallest absolute Gasteiger partial charge is 0.240 e. The van der Waals surface area contributed by atoms with Crippen molar-refractivity contribution >= 4 is 23.4 Å². The molecule has 0 bridgehead atoms. The van der Waals surface area contributed by atoms with E-state index < -0.39 is 11.1 Å². The first-order chi connectivity index (χ1) is 14.0. The van der Waals surface area contributed by atoms with Crippen LogP contribution in [0.15, 0.2) is 59.8 Å². The summed E-state index contributed by atoms with van der Waals surface area (Å²) in [5.41, 5.74) is 1.21. The summed E-state index contributed by atoms with van der Waals surface area (Å²) in [6.45, 7) is 2.03. The van der Waals surface area contributed by atoms with Gasteiger partial charge < -0.3 is 10.7 Å². The molecule has 7 nitrogen and oxygen atoms in total. The van der Waals surface area contributed by atoms with Crippen LogP contribution in [0.1, 0.15) is 13.3 Å². The number of amides is 1. The second-order valence-corrected chi connectivity index (χ2v) is 7.49. The molecule has 9 heteroatoms. The number of benzene rings is 2. The van der Waals surface area contributed by atoms with Gasteiger partial charge >= 0.3 is 0 Å². The van der Waals surface area contributed by atoms with Crippen molar-refractivity contribution < 1.29 is 9.18 Å². The van der Waals surface area contributed by atoms with Crippen molar-refractivity contribution in [3.05, 3.63) is 60.4 Å². The van der Waals surface area contributed by atoms with E-state index in [2.05, 4.69) is 16.3 Å². The minimum absolute atomic E-state index is 0.174. The van der Waals surface area contributed by atoms with Gasteiger partial charge in [0.15, 0.2) is 5.82 Å². The molecule has 148 valence electrons. The number of nitrogens with two attached hydrogens (primary N) is 1. The van der Waals surface area contributed by atoms with E-state index >= 15 is 0 Å². The molecular weight excluding hydrogens is 391 g/mol. The van der Waals surface area contributed by atoms with Gasteiger partial charge in [0.25, 0.3) is 0 Å². The molecule has 1 atom stereocenters. The van der Waals surface area contributed by atoms with Crippen LogP contribution in [0.2, 0.25) is 0 Å². The molecule has 29 heavy (non-hydrogen) atoms. The summed E-state index contributed by atoms with van der Waals surface area (Å²) in [5, 5.41) is 16.8. The van der Waals surface area contributed by atoms with Crippen molar-refractivity contribution in [2.24, 2.45) is 0 Å². The van der Waals surface area contributed by atoms with Crippen LogP contribution in [0.3, 0.4) is 0 Å². The minimum atomic E-state index is -0.527. The van der Waals surface area contributed by atoms with Gasteiger partial charge in [-0.15, -0.1) is 10.2 Å². The van der Waals surface area contributed by atoms with Crippen LogP contribution in [0.4, 0.5) is 10.1 Å². The molecule has 0 radical (unpaired) electrons.